The van der Waals surface area contributed by atoms with Crippen LogP contribution in [0.2, 0.25) is 5.02 Å². The van der Waals surface area contributed by atoms with Crippen molar-refractivity contribution in [1.82, 2.24) is 9.78 Å². The highest BCUT2D eigenvalue weighted by Gasteiger charge is 2.04. The van der Waals surface area contributed by atoms with Crippen LogP contribution in [0.3, 0.4) is 0 Å². The smallest absolute Gasteiger partial charge is 0.125 e. The predicted octanol–water partition coefficient (Wildman–Crippen LogP) is 2.25. The molecule has 72 valence electrons. The van der Waals surface area contributed by atoms with E-state index in [0.717, 1.165) is 0 Å². The first-order valence-corrected chi connectivity index (χ1v) is 4.30. The molecule has 0 unspecified atom stereocenters. The van der Waals surface area contributed by atoms with Crippen LogP contribution in [0.1, 0.15) is 0 Å². The van der Waals surface area contributed by atoms with Crippen molar-refractivity contribution in [2.45, 2.75) is 0 Å². The van der Waals surface area contributed by atoms with Gasteiger partial charge in [-0.2, -0.15) is 5.10 Å². The average Bonchev–Trinajstić information content (AvgIpc) is 2.51. The van der Waals surface area contributed by atoms with Gasteiger partial charge in [0.1, 0.15) is 5.82 Å². The SMILES string of the molecule is Nc1cc(F)ccc1-n1cc(Cl)cn1. The number of halogens is 2. The van der Waals surface area contributed by atoms with Gasteiger partial charge in [-0.25, -0.2) is 9.07 Å². The van der Waals surface area contributed by atoms with Crippen molar-refractivity contribution in [3.63, 3.8) is 0 Å². The fraction of sp³-hybridized carbons (Fsp3) is 0. The predicted molar refractivity (Wildman–Crippen MR) is 52.9 cm³/mol. The second kappa shape index (κ2) is 3.31. The largest absolute Gasteiger partial charge is 0.397 e. The Morgan fingerprint density at radius 1 is 1.43 bits per heavy atom. The summed E-state index contributed by atoms with van der Waals surface area (Å²) in [7, 11) is 0. The molecule has 0 amide bonds. The Balaban J connectivity index is 2.52. The number of aromatic nitrogens is 2. The Morgan fingerprint density at radius 3 is 2.79 bits per heavy atom. The van der Waals surface area contributed by atoms with E-state index in [1.54, 1.807) is 12.3 Å². The zero-order chi connectivity index (χ0) is 10.1. The third-order valence-electron chi connectivity index (χ3n) is 1.79. The van der Waals surface area contributed by atoms with Crippen molar-refractivity contribution in [3.8, 4) is 5.69 Å². The van der Waals surface area contributed by atoms with Gasteiger partial charge in [0, 0.05) is 6.20 Å². The molecule has 14 heavy (non-hydrogen) atoms. The molecule has 5 heteroatoms. The van der Waals surface area contributed by atoms with Gasteiger partial charge in [0.05, 0.1) is 22.6 Å². The summed E-state index contributed by atoms with van der Waals surface area (Å²) in [6.07, 6.45) is 3.09. The van der Waals surface area contributed by atoms with E-state index in [-0.39, 0.29) is 5.82 Å². The van der Waals surface area contributed by atoms with E-state index in [1.165, 1.54) is 23.0 Å². The van der Waals surface area contributed by atoms with E-state index in [4.69, 9.17) is 17.3 Å². The number of rotatable bonds is 1. The lowest BCUT2D eigenvalue weighted by atomic mass is 10.2. The third kappa shape index (κ3) is 1.56. The molecule has 1 heterocycles. The molecule has 0 aliphatic carbocycles. The van der Waals surface area contributed by atoms with E-state index in [0.29, 0.717) is 16.4 Å². The van der Waals surface area contributed by atoms with E-state index in [9.17, 15) is 4.39 Å². The first kappa shape index (κ1) is 9.02. The van der Waals surface area contributed by atoms with E-state index < -0.39 is 0 Å². The molecule has 2 N–H and O–H groups in total. The fourth-order valence-corrected chi connectivity index (χ4v) is 1.30. The van der Waals surface area contributed by atoms with Crippen LogP contribution in [0.25, 0.3) is 5.69 Å². The van der Waals surface area contributed by atoms with Crippen LogP contribution in [0.15, 0.2) is 30.6 Å². The Morgan fingerprint density at radius 2 is 2.21 bits per heavy atom. The minimum absolute atomic E-state index is 0.324. The number of nitrogen functional groups attached to an aromatic ring is 1. The molecule has 0 saturated carbocycles. The molecule has 0 aliphatic heterocycles. The standard InChI is InChI=1S/C9H7ClFN3/c10-6-4-13-14(5-6)9-2-1-7(11)3-8(9)12/h1-5H,12H2. The molecular weight excluding hydrogens is 205 g/mol. The zero-order valence-electron chi connectivity index (χ0n) is 7.11. The first-order valence-electron chi connectivity index (χ1n) is 3.92. The number of nitrogens with two attached hydrogens (primary N) is 1. The molecule has 2 aromatic rings. The second-order valence-electron chi connectivity index (χ2n) is 2.81. The van der Waals surface area contributed by atoms with Gasteiger partial charge < -0.3 is 5.73 Å². The van der Waals surface area contributed by atoms with E-state index in [2.05, 4.69) is 5.10 Å². The van der Waals surface area contributed by atoms with Crippen LogP contribution in [0.4, 0.5) is 10.1 Å². The van der Waals surface area contributed by atoms with Crippen molar-refractivity contribution < 1.29 is 4.39 Å². The molecule has 0 saturated heterocycles. The van der Waals surface area contributed by atoms with Gasteiger partial charge in [0.2, 0.25) is 0 Å². The van der Waals surface area contributed by atoms with Gasteiger partial charge in [-0.15, -0.1) is 0 Å². The number of anilines is 1. The summed E-state index contributed by atoms with van der Waals surface area (Å²) >= 11 is 5.70. The number of hydrogen-bond donors (Lipinski definition) is 1. The van der Waals surface area contributed by atoms with Gasteiger partial charge in [0.25, 0.3) is 0 Å². The van der Waals surface area contributed by atoms with Crippen molar-refractivity contribution in [1.29, 1.82) is 0 Å². The summed E-state index contributed by atoms with van der Waals surface area (Å²) in [6.45, 7) is 0. The minimum atomic E-state index is -0.371. The topological polar surface area (TPSA) is 43.8 Å². The number of benzene rings is 1. The lowest BCUT2D eigenvalue weighted by Crippen LogP contribution is -2.00. The Labute approximate surface area is 84.9 Å². The van der Waals surface area contributed by atoms with Crippen molar-refractivity contribution in [3.05, 3.63) is 41.4 Å². The fourth-order valence-electron chi connectivity index (χ4n) is 1.17. The summed E-state index contributed by atoms with van der Waals surface area (Å²) in [5, 5.41) is 4.47. The molecule has 0 atom stereocenters. The molecule has 2 rings (SSSR count). The molecular formula is C9H7ClFN3. The maximum atomic E-state index is 12.7. The lowest BCUT2D eigenvalue weighted by molar-refractivity contribution is 0.628. The summed E-state index contributed by atoms with van der Waals surface area (Å²) < 4.78 is 14.2. The van der Waals surface area contributed by atoms with Crippen molar-refractivity contribution in [2.24, 2.45) is 0 Å². The first-order chi connectivity index (χ1) is 6.66. The number of nitrogens with zero attached hydrogens (tertiary/aromatic N) is 2. The normalized spacial score (nSPS) is 10.4. The molecule has 0 radical (unpaired) electrons. The molecule has 0 spiro atoms. The van der Waals surface area contributed by atoms with Gasteiger partial charge in [-0.3, -0.25) is 0 Å². The summed E-state index contributed by atoms with van der Waals surface area (Å²) in [5.41, 5.74) is 6.55. The summed E-state index contributed by atoms with van der Waals surface area (Å²) in [5.74, 6) is -0.371. The maximum absolute atomic E-state index is 12.7. The van der Waals surface area contributed by atoms with Crippen LogP contribution in [0.5, 0.6) is 0 Å². The highest BCUT2D eigenvalue weighted by Crippen LogP contribution is 2.19. The minimum Gasteiger partial charge on any atom is -0.397 e. The average molecular weight is 212 g/mol. The van der Waals surface area contributed by atoms with Gasteiger partial charge in [0.15, 0.2) is 0 Å². The van der Waals surface area contributed by atoms with Gasteiger partial charge >= 0.3 is 0 Å². The monoisotopic (exact) mass is 211 g/mol. The van der Waals surface area contributed by atoms with Crippen LogP contribution in [0, 0.1) is 5.82 Å². The molecule has 1 aromatic heterocycles. The van der Waals surface area contributed by atoms with Crippen molar-refractivity contribution >= 4 is 17.3 Å². The highest BCUT2D eigenvalue weighted by atomic mass is 35.5. The Bertz CT molecular complexity index is 467. The third-order valence-corrected chi connectivity index (χ3v) is 1.98. The summed E-state index contributed by atoms with van der Waals surface area (Å²) in [4.78, 5) is 0. The van der Waals surface area contributed by atoms with Crippen LogP contribution < -0.4 is 5.73 Å². The highest BCUT2D eigenvalue weighted by molar-refractivity contribution is 6.30. The van der Waals surface area contributed by atoms with Crippen molar-refractivity contribution in [2.75, 3.05) is 5.73 Å². The molecule has 3 nitrogen and oxygen atoms in total. The van der Waals surface area contributed by atoms with E-state index in [1.807, 2.05) is 0 Å². The molecule has 0 aliphatic rings. The zero-order valence-corrected chi connectivity index (χ0v) is 7.87. The van der Waals surface area contributed by atoms with Crippen LogP contribution in [-0.2, 0) is 0 Å². The lowest BCUT2D eigenvalue weighted by Gasteiger charge is -2.04. The van der Waals surface area contributed by atoms with Crippen LogP contribution >= 0.6 is 11.6 Å². The van der Waals surface area contributed by atoms with Gasteiger partial charge in [-0.1, -0.05) is 11.6 Å². The maximum Gasteiger partial charge on any atom is 0.125 e. The van der Waals surface area contributed by atoms with Gasteiger partial charge in [-0.05, 0) is 18.2 Å². The molecule has 0 bridgehead atoms. The Kier molecular flexibility index (Phi) is 2.13. The second-order valence-corrected chi connectivity index (χ2v) is 3.24. The molecule has 1 aromatic carbocycles. The number of hydrogen-bond acceptors (Lipinski definition) is 2. The quantitative estimate of drug-likeness (QED) is 0.736. The molecule has 0 fully saturated rings. The Hall–Kier alpha value is -1.55. The van der Waals surface area contributed by atoms with Crippen LogP contribution in [-0.4, -0.2) is 9.78 Å². The van der Waals surface area contributed by atoms with E-state index >= 15 is 0 Å². The summed E-state index contributed by atoms with van der Waals surface area (Å²) in [6, 6.07) is 4.11.